The molecule has 2 heteroatoms. The zero-order valence-corrected chi connectivity index (χ0v) is 12.6. The van der Waals surface area contributed by atoms with Gasteiger partial charge in [0.05, 0.1) is 6.04 Å². The fourth-order valence-corrected chi connectivity index (χ4v) is 3.04. The summed E-state index contributed by atoms with van der Waals surface area (Å²) in [4.78, 5) is 0. The van der Waals surface area contributed by atoms with Gasteiger partial charge in [-0.2, -0.15) is 0 Å². The molecule has 1 aromatic carbocycles. The lowest BCUT2D eigenvalue weighted by atomic mass is 10.0. The molecule has 2 aromatic rings. The first kappa shape index (κ1) is 13.7. The Bertz CT molecular complexity index is 568. The van der Waals surface area contributed by atoms with E-state index >= 15 is 0 Å². The van der Waals surface area contributed by atoms with Gasteiger partial charge in [0.1, 0.15) is 11.3 Å². The lowest BCUT2D eigenvalue weighted by Gasteiger charge is -2.13. The van der Waals surface area contributed by atoms with Gasteiger partial charge in [0.25, 0.3) is 0 Å². The Morgan fingerprint density at radius 1 is 1.30 bits per heavy atom. The Hall–Kier alpha value is -1.28. The molecule has 2 nitrogen and oxygen atoms in total. The van der Waals surface area contributed by atoms with Gasteiger partial charge < -0.3 is 9.73 Å². The van der Waals surface area contributed by atoms with Crippen molar-refractivity contribution in [1.29, 1.82) is 0 Å². The summed E-state index contributed by atoms with van der Waals surface area (Å²) in [6.45, 7) is 5.52. The van der Waals surface area contributed by atoms with Crippen molar-refractivity contribution in [3.8, 4) is 0 Å². The van der Waals surface area contributed by atoms with Crippen molar-refractivity contribution in [3.63, 3.8) is 0 Å². The Morgan fingerprint density at radius 2 is 2.10 bits per heavy atom. The number of aryl methyl sites for hydroxylation is 1. The molecule has 1 N–H and O–H groups in total. The summed E-state index contributed by atoms with van der Waals surface area (Å²) in [5.74, 6) is 2.16. The highest BCUT2D eigenvalue weighted by Gasteiger charge is 2.21. The minimum Gasteiger partial charge on any atom is -0.459 e. The molecule has 0 bridgehead atoms. The molecule has 0 saturated heterocycles. The van der Waals surface area contributed by atoms with E-state index in [1.54, 1.807) is 0 Å². The highest BCUT2D eigenvalue weighted by molar-refractivity contribution is 5.82. The highest BCUT2D eigenvalue weighted by Crippen LogP contribution is 2.33. The van der Waals surface area contributed by atoms with Gasteiger partial charge in [-0.15, -0.1) is 0 Å². The Balaban J connectivity index is 1.67. The Kier molecular flexibility index (Phi) is 4.11. The van der Waals surface area contributed by atoms with E-state index in [1.807, 2.05) is 6.07 Å². The van der Waals surface area contributed by atoms with Crippen LogP contribution in [0.1, 0.15) is 56.9 Å². The summed E-state index contributed by atoms with van der Waals surface area (Å²) in [6.07, 6.45) is 6.62. The van der Waals surface area contributed by atoms with Crippen molar-refractivity contribution in [2.45, 2.75) is 52.0 Å². The predicted octanol–water partition coefficient (Wildman–Crippen LogP) is 4.84. The maximum atomic E-state index is 6.08. The van der Waals surface area contributed by atoms with E-state index in [4.69, 9.17) is 4.42 Å². The Morgan fingerprint density at radius 3 is 2.85 bits per heavy atom. The second kappa shape index (κ2) is 6.01. The maximum Gasteiger partial charge on any atom is 0.134 e. The number of rotatable bonds is 7. The SMILES string of the molecule is CCc1c(C(C)NCCCC2CC2)oc2ccccc12. The van der Waals surface area contributed by atoms with Crippen LogP contribution in [0.5, 0.6) is 0 Å². The van der Waals surface area contributed by atoms with E-state index in [0.29, 0.717) is 6.04 Å². The van der Waals surface area contributed by atoms with Crippen LogP contribution in [0.15, 0.2) is 28.7 Å². The molecule has 1 aliphatic carbocycles. The van der Waals surface area contributed by atoms with Gasteiger partial charge in [-0.25, -0.2) is 0 Å². The van der Waals surface area contributed by atoms with Crippen LogP contribution in [-0.2, 0) is 6.42 Å². The summed E-state index contributed by atoms with van der Waals surface area (Å²) >= 11 is 0. The summed E-state index contributed by atoms with van der Waals surface area (Å²) in [5.41, 5.74) is 2.38. The topological polar surface area (TPSA) is 25.2 Å². The highest BCUT2D eigenvalue weighted by atomic mass is 16.3. The number of fused-ring (bicyclic) bond motifs is 1. The molecule has 1 aliphatic rings. The molecule has 0 spiro atoms. The first-order valence-electron chi connectivity index (χ1n) is 8.03. The van der Waals surface area contributed by atoms with Crippen LogP contribution in [-0.4, -0.2) is 6.54 Å². The van der Waals surface area contributed by atoms with E-state index in [-0.39, 0.29) is 0 Å². The van der Waals surface area contributed by atoms with Gasteiger partial charge in [0, 0.05) is 10.9 Å². The van der Waals surface area contributed by atoms with Crippen molar-refractivity contribution in [1.82, 2.24) is 5.32 Å². The number of hydrogen-bond acceptors (Lipinski definition) is 2. The molecule has 1 saturated carbocycles. The summed E-state index contributed by atoms with van der Waals surface area (Å²) in [7, 11) is 0. The molecule has 1 fully saturated rings. The fourth-order valence-electron chi connectivity index (χ4n) is 3.04. The average Bonchev–Trinajstić information content (AvgIpc) is 3.21. The molecule has 0 amide bonds. The summed E-state index contributed by atoms with van der Waals surface area (Å²) < 4.78 is 6.08. The third-order valence-corrected chi connectivity index (χ3v) is 4.41. The summed E-state index contributed by atoms with van der Waals surface area (Å²) in [6, 6.07) is 8.67. The maximum absolute atomic E-state index is 6.08. The number of furan rings is 1. The van der Waals surface area contributed by atoms with Crippen LogP contribution < -0.4 is 5.32 Å². The van der Waals surface area contributed by atoms with Crippen molar-refractivity contribution in [2.75, 3.05) is 6.54 Å². The minimum absolute atomic E-state index is 0.302. The molecule has 0 radical (unpaired) electrons. The predicted molar refractivity (Wildman–Crippen MR) is 84.0 cm³/mol. The van der Waals surface area contributed by atoms with Crippen LogP contribution in [0, 0.1) is 5.92 Å². The van der Waals surface area contributed by atoms with Crippen LogP contribution in [0.25, 0.3) is 11.0 Å². The zero-order chi connectivity index (χ0) is 13.9. The van der Waals surface area contributed by atoms with Gasteiger partial charge in [-0.3, -0.25) is 0 Å². The fraction of sp³-hybridized carbons (Fsp3) is 0.556. The average molecular weight is 271 g/mol. The van der Waals surface area contributed by atoms with Gasteiger partial charge >= 0.3 is 0 Å². The molecule has 1 aromatic heterocycles. The molecule has 3 rings (SSSR count). The summed E-state index contributed by atoms with van der Waals surface area (Å²) in [5, 5.41) is 4.90. The number of hydrogen-bond donors (Lipinski definition) is 1. The van der Waals surface area contributed by atoms with E-state index in [1.165, 1.54) is 36.6 Å². The molecule has 1 unspecified atom stereocenters. The first-order valence-corrected chi connectivity index (χ1v) is 8.03. The number of nitrogens with one attached hydrogen (secondary N) is 1. The molecule has 0 aliphatic heterocycles. The first-order chi connectivity index (χ1) is 9.79. The molecular weight excluding hydrogens is 246 g/mol. The van der Waals surface area contributed by atoms with E-state index < -0.39 is 0 Å². The van der Waals surface area contributed by atoms with E-state index in [0.717, 1.165) is 30.2 Å². The van der Waals surface area contributed by atoms with E-state index in [2.05, 4.69) is 37.4 Å². The van der Waals surface area contributed by atoms with Crippen molar-refractivity contribution < 1.29 is 4.42 Å². The molecule has 20 heavy (non-hydrogen) atoms. The van der Waals surface area contributed by atoms with Gasteiger partial charge in [0.15, 0.2) is 0 Å². The quantitative estimate of drug-likeness (QED) is 0.729. The molecule has 1 heterocycles. The van der Waals surface area contributed by atoms with Crippen molar-refractivity contribution in [2.24, 2.45) is 5.92 Å². The second-order valence-electron chi connectivity index (χ2n) is 6.06. The number of benzene rings is 1. The second-order valence-corrected chi connectivity index (χ2v) is 6.06. The van der Waals surface area contributed by atoms with Gasteiger partial charge in [-0.1, -0.05) is 38.0 Å². The van der Waals surface area contributed by atoms with Crippen LogP contribution >= 0.6 is 0 Å². The Labute approximate surface area is 121 Å². The monoisotopic (exact) mass is 271 g/mol. The van der Waals surface area contributed by atoms with Gasteiger partial charge in [-0.05, 0) is 44.7 Å². The molecule has 1 atom stereocenters. The lowest BCUT2D eigenvalue weighted by molar-refractivity contribution is 0.439. The normalized spacial score (nSPS) is 16.7. The van der Waals surface area contributed by atoms with Crippen LogP contribution in [0.3, 0.4) is 0 Å². The smallest absolute Gasteiger partial charge is 0.134 e. The minimum atomic E-state index is 0.302. The number of para-hydroxylation sites is 1. The lowest BCUT2D eigenvalue weighted by Crippen LogP contribution is -2.20. The van der Waals surface area contributed by atoms with Crippen molar-refractivity contribution >= 4 is 11.0 Å². The van der Waals surface area contributed by atoms with Crippen LogP contribution in [0.2, 0.25) is 0 Å². The standard InChI is InChI=1S/C18H25NO/c1-3-15-16-8-4-5-9-17(16)20-18(15)13(2)19-12-6-7-14-10-11-14/h4-5,8-9,13-14,19H,3,6-7,10-12H2,1-2H3. The zero-order valence-electron chi connectivity index (χ0n) is 12.6. The van der Waals surface area contributed by atoms with E-state index in [9.17, 15) is 0 Å². The van der Waals surface area contributed by atoms with Crippen molar-refractivity contribution in [3.05, 3.63) is 35.6 Å². The van der Waals surface area contributed by atoms with Gasteiger partial charge in [0.2, 0.25) is 0 Å². The molecule has 108 valence electrons. The third-order valence-electron chi connectivity index (χ3n) is 4.41. The van der Waals surface area contributed by atoms with Crippen LogP contribution in [0.4, 0.5) is 0 Å². The third kappa shape index (κ3) is 2.90. The largest absolute Gasteiger partial charge is 0.459 e. The molecular formula is C18H25NO.